The normalized spacial score (nSPS) is 16.8. The predicted molar refractivity (Wildman–Crippen MR) is 56.4 cm³/mol. The van der Waals surface area contributed by atoms with Crippen molar-refractivity contribution in [3.05, 3.63) is 0 Å². The number of carbonyl (C=O) groups is 3. The highest BCUT2D eigenvalue weighted by Gasteiger charge is 2.16. The lowest BCUT2D eigenvalue weighted by Crippen LogP contribution is -2.34. The highest BCUT2D eigenvalue weighted by molar-refractivity contribution is 8.14. The van der Waals surface area contributed by atoms with E-state index in [0.717, 1.165) is 11.8 Å². The molecule has 0 spiro atoms. The molecule has 1 saturated heterocycles. The van der Waals surface area contributed by atoms with Gasteiger partial charge < -0.3 is 10.8 Å². The summed E-state index contributed by atoms with van der Waals surface area (Å²) in [6, 6.07) is -0.713. The molecule has 0 aromatic heterocycles. The van der Waals surface area contributed by atoms with Crippen LogP contribution < -0.4 is 11.1 Å². The van der Waals surface area contributed by atoms with Gasteiger partial charge in [0.1, 0.15) is 6.04 Å². The Kier molecular flexibility index (Phi) is 5.95. The summed E-state index contributed by atoms with van der Waals surface area (Å²) in [5, 5.41) is 10.1. The van der Waals surface area contributed by atoms with E-state index >= 15 is 0 Å². The summed E-state index contributed by atoms with van der Waals surface area (Å²) in [5.74, 6) is -0.804. The number of carbonyl (C=O) groups excluding carboxylic acids is 2. The van der Waals surface area contributed by atoms with Gasteiger partial charge in [-0.3, -0.25) is 19.7 Å². The fraction of sp³-hybridized carbons (Fsp3) is 0.625. The second-order valence-electron chi connectivity index (χ2n) is 3.23. The van der Waals surface area contributed by atoms with Crippen molar-refractivity contribution in [2.75, 3.05) is 5.75 Å². The largest absolute Gasteiger partial charge is 0.480 e. The Bertz CT molecular complexity index is 253. The van der Waals surface area contributed by atoms with Crippen LogP contribution in [0.25, 0.3) is 0 Å². The minimum absolute atomic E-state index is 0.0208. The molecule has 15 heavy (non-hydrogen) atoms. The average Bonchev–Trinajstić information content (AvgIpc) is 2.49. The van der Waals surface area contributed by atoms with Crippen molar-refractivity contribution in [3.63, 3.8) is 0 Å². The van der Waals surface area contributed by atoms with E-state index in [1.165, 1.54) is 0 Å². The number of hydrogen-bond donors (Lipinski definition) is 3. The third-order valence-electron chi connectivity index (χ3n) is 1.58. The number of carboxylic acid groups (broad SMARTS) is 1. The van der Waals surface area contributed by atoms with Crippen LogP contribution in [0.4, 0.5) is 4.79 Å². The number of amides is 2. The van der Waals surface area contributed by atoms with Crippen LogP contribution in [-0.2, 0) is 9.59 Å². The fourth-order valence-electron chi connectivity index (χ4n) is 0.602. The van der Waals surface area contributed by atoms with E-state index in [1.54, 1.807) is 13.8 Å². The Balaban J connectivity index is 0.000000262. The minimum atomic E-state index is -0.931. The molecule has 1 aliphatic rings. The third kappa shape index (κ3) is 6.08. The molecule has 1 fully saturated rings. The van der Waals surface area contributed by atoms with Crippen LogP contribution in [0.15, 0.2) is 0 Å². The molecule has 1 aliphatic heterocycles. The summed E-state index contributed by atoms with van der Waals surface area (Å²) in [4.78, 5) is 30.2. The van der Waals surface area contributed by atoms with Crippen molar-refractivity contribution in [2.45, 2.75) is 19.9 Å². The van der Waals surface area contributed by atoms with Gasteiger partial charge in [-0.2, -0.15) is 0 Å². The van der Waals surface area contributed by atoms with Gasteiger partial charge in [0.05, 0.1) is 5.75 Å². The molecule has 0 bridgehead atoms. The molecule has 0 aromatic carbocycles. The zero-order valence-electron chi connectivity index (χ0n) is 8.52. The molecule has 1 atom stereocenters. The molecule has 86 valence electrons. The van der Waals surface area contributed by atoms with Crippen LogP contribution in [0, 0.1) is 5.92 Å². The van der Waals surface area contributed by atoms with Gasteiger partial charge >= 0.3 is 5.97 Å². The summed E-state index contributed by atoms with van der Waals surface area (Å²) in [7, 11) is 0. The maximum absolute atomic E-state index is 10.1. The van der Waals surface area contributed by atoms with Crippen LogP contribution >= 0.6 is 11.8 Å². The second-order valence-corrected chi connectivity index (χ2v) is 4.18. The van der Waals surface area contributed by atoms with Gasteiger partial charge in [-0.25, -0.2) is 0 Å². The van der Waals surface area contributed by atoms with Crippen LogP contribution in [-0.4, -0.2) is 34.0 Å². The van der Waals surface area contributed by atoms with Gasteiger partial charge in [0.15, 0.2) is 0 Å². The highest BCUT2D eigenvalue weighted by Crippen LogP contribution is 2.06. The van der Waals surface area contributed by atoms with Crippen molar-refractivity contribution in [1.29, 1.82) is 0 Å². The van der Waals surface area contributed by atoms with Gasteiger partial charge in [0.2, 0.25) is 5.91 Å². The number of nitrogens with two attached hydrogens (primary N) is 1. The molecule has 2 amide bonds. The molecule has 0 aromatic rings. The number of thioether (sulfide) groups is 1. The topological polar surface area (TPSA) is 109 Å². The molecular weight excluding hydrogens is 220 g/mol. The summed E-state index contributed by atoms with van der Waals surface area (Å²) in [5.41, 5.74) is 5.16. The number of imide groups is 1. The second kappa shape index (κ2) is 6.41. The third-order valence-corrected chi connectivity index (χ3v) is 2.35. The molecule has 0 aliphatic carbocycles. The van der Waals surface area contributed by atoms with Crippen molar-refractivity contribution in [1.82, 2.24) is 5.32 Å². The van der Waals surface area contributed by atoms with Crippen LogP contribution in [0.3, 0.4) is 0 Å². The lowest BCUT2D eigenvalue weighted by Gasteiger charge is -2.07. The molecule has 1 heterocycles. The van der Waals surface area contributed by atoms with Crippen molar-refractivity contribution in [3.8, 4) is 0 Å². The number of carboxylic acids is 1. The Morgan fingerprint density at radius 3 is 2.13 bits per heavy atom. The highest BCUT2D eigenvalue weighted by atomic mass is 32.2. The van der Waals surface area contributed by atoms with Gasteiger partial charge in [0.25, 0.3) is 5.24 Å². The molecule has 6 nitrogen and oxygen atoms in total. The molecule has 4 N–H and O–H groups in total. The van der Waals surface area contributed by atoms with E-state index in [0.29, 0.717) is 5.75 Å². The summed E-state index contributed by atoms with van der Waals surface area (Å²) < 4.78 is 0. The van der Waals surface area contributed by atoms with Gasteiger partial charge in [-0.1, -0.05) is 25.6 Å². The molecule has 0 unspecified atom stereocenters. The van der Waals surface area contributed by atoms with E-state index in [2.05, 4.69) is 5.32 Å². The molecule has 7 heteroatoms. The number of rotatable bonds is 2. The van der Waals surface area contributed by atoms with Crippen LogP contribution in [0.1, 0.15) is 13.8 Å². The van der Waals surface area contributed by atoms with Gasteiger partial charge in [-0.15, -0.1) is 0 Å². The first-order valence-electron chi connectivity index (χ1n) is 4.29. The van der Waals surface area contributed by atoms with Gasteiger partial charge in [-0.05, 0) is 5.92 Å². The van der Waals surface area contributed by atoms with Crippen molar-refractivity contribution < 1.29 is 19.5 Å². The van der Waals surface area contributed by atoms with E-state index < -0.39 is 12.0 Å². The van der Waals surface area contributed by atoms with Crippen LogP contribution in [0.2, 0.25) is 0 Å². The van der Waals surface area contributed by atoms with Crippen molar-refractivity contribution in [2.24, 2.45) is 11.7 Å². The predicted octanol–water partition coefficient (Wildman–Crippen LogP) is 0.0237. The lowest BCUT2D eigenvalue weighted by molar-refractivity contribution is -0.139. The Morgan fingerprint density at radius 1 is 1.53 bits per heavy atom. The average molecular weight is 234 g/mol. The first-order valence-corrected chi connectivity index (χ1v) is 5.28. The number of aliphatic carboxylic acids is 1. The Morgan fingerprint density at radius 2 is 2.07 bits per heavy atom. The quantitative estimate of drug-likeness (QED) is 0.621. The lowest BCUT2D eigenvalue weighted by atomic mass is 10.1. The minimum Gasteiger partial charge on any atom is -0.480 e. The Hall–Kier alpha value is -1.08. The summed E-state index contributed by atoms with van der Waals surface area (Å²) in [6.45, 7) is 3.55. The molecule has 0 saturated carbocycles. The van der Waals surface area contributed by atoms with Crippen LogP contribution in [0.5, 0.6) is 0 Å². The van der Waals surface area contributed by atoms with Crippen molar-refractivity contribution >= 4 is 28.9 Å². The zero-order valence-corrected chi connectivity index (χ0v) is 9.34. The molecule has 1 rings (SSSR count). The van der Waals surface area contributed by atoms with E-state index in [9.17, 15) is 14.4 Å². The maximum atomic E-state index is 10.1. The Labute approximate surface area is 91.6 Å². The first kappa shape index (κ1) is 13.9. The standard InChI is InChI=1S/C5H11NO2.C3H3NO2S/c1-3(2)4(6)5(7)8;5-2-1-7-3(6)4-2/h3-4H,6H2,1-2H3,(H,7,8);1H2,(H,4,5,6)/t4-;/m0./s1. The van der Waals surface area contributed by atoms with Gasteiger partial charge in [0, 0.05) is 0 Å². The molecule has 0 radical (unpaired) electrons. The SMILES string of the molecule is CC(C)[C@H](N)C(=O)O.O=C1CSC(=O)N1. The smallest absolute Gasteiger partial charge is 0.320 e. The van der Waals surface area contributed by atoms with E-state index in [-0.39, 0.29) is 17.1 Å². The molecular formula is C8H14N2O4S. The van der Waals surface area contributed by atoms with E-state index in [4.69, 9.17) is 10.8 Å². The van der Waals surface area contributed by atoms with E-state index in [1.807, 2.05) is 0 Å². The zero-order chi connectivity index (χ0) is 12.0. The summed E-state index contributed by atoms with van der Waals surface area (Å²) >= 11 is 1.01. The number of hydrogen-bond acceptors (Lipinski definition) is 5. The first-order chi connectivity index (χ1) is 6.84. The maximum Gasteiger partial charge on any atom is 0.320 e. The monoisotopic (exact) mass is 234 g/mol. The summed E-state index contributed by atoms with van der Waals surface area (Å²) in [6.07, 6.45) is 0. The number of nitrogens with one attached hydrogen (secondary N) is 1. The fourth-order valence-corrected chi connectivity index (χ4v) is 1.12.